The number of benzene rings is 1. The van der Waals surface area contributed by atoms with Crippen LogP contribution < -0.4 is 10.1 Å². The monoisotopic (exact) mass is 303 g/mol. The number of rotatable bonds is 8. The minimum absolute atomic E-state index is 0.157. The van der Waals surface area contributed by atoms with E-state index in [-0.39, 0.29) is 17.7 Å². The Hall–Kier alpha value is -1.84. The second-order valence-corrected chi connectivity index (χ2v) is 6.40. The van der Waals surface area contributed by atoms with Gasteiger partial charge in [-0.3, -0.25) is 14.9 Å². The van der Waals surface area contributed by atoms with Gasteiger partial charge in [0.15, 0.2) is 0 Å². The molecule has 0 saturated carbocycles. The van der Waals surface area contributed by atoms with Crippen molar-refractivity contribution in [2.24, 2.45) is 11.8 Å². The molecule has 1 N–H and O–H groups in total. The van der Waals surface area contributed by atoms with Gasteiger partial charge in [0.2, 0.25) is 11.8 Å². The van der Waals surface area contributed by atoms with Gasteiger partial charge in [0.1, 0.15) is 5.75 Å². The molecule has 1 aromatic rings. The van der Waals surface area contributed by atoms with Gasteiger partial charge in [-0.2, -0.15) is 0 Å². The summed E-state index contributed by atoms with van der Waals surface area (Å²) < 4.78 is 5.72. The van der Waals surface area contributed by atoms with E-state index in [1.807, 2.05) is 24.3 Å². The van der Waals surface area contributed by atoms with Gasteiger partial charge in [-0.25, -0.2) is 0 Å². The fourth-order valence-corrected chi connectivity index (χ4v) is 2.62. The number of carbonyl (C=O) groups is 2. The summed E-state index contributed by atoms with van der Waals surface area (Å²) in [6.45, 7) is 5.21. The van der Waals surface area contributed by atoms with E-state index in [9.17, 15) is 9.59 Å². The Labute approximate surface area is 132 Å². The van der Waals surface area contributed by atoms with Gasteiger partial charge in [0.25, 0.3) is 0 Å². The lowest BCUT2D eigenvalue weighted by Gasteiger charge is -2.09. The van der Waals surface area contributed by atoms with Crippen LogP contribution in [0.2, 0.25) is 0 Å². The molecule has 1 heterocycles. The SMILES string of the molecule is CC(C)CCCCOc1ccc(C[C@@H]2CC(=O)NC2=O)cc1. The fraction of sp³-hybridized carbons (Fsp3) is 0.556. The molecule has 1 atom stereocenters. The van der Waals surface area contributed by atoms with Gasteiger partial charge >= 0.3 is 0 Å². The molecular formula is C18H25NO3. The summed E-state index contributed by atoms with van der Waals surface area (Å²) in [5.74, 6) is 1.06. The maximum absolute atomic E-state index is 11.6. The Balaban J connectivity index is 1.73. The molecule has 1 fully saturated rings. The molecule has 1 aliphatic heterocycles. The maximum Gasteiger partial charge on any atom is 0.230 e. The van der Waals surface area contributed by atoms with Crippen LogP contribution in [0, 0.1) is 11.8 Å². The molecule has 0 spiro atoms. The number of hydrogen-bond acceptors (Lipinski definition) is 3. The summed E-state index contributed by atoms with van der Waals surface area (Å²) in [6, 6.07) is 7.82. The van der Waals surface area contributed by atoms with Crippen molar-refractivity contribution in [1.29, 1.82) is 0 Å². The summed E-state index contributed by atoms with van der Waals surface area (Å²) in [7, 11) is 0. The molecule has 0 aliphatic carbocycles. The van der Waals surface area contributed by atoms with Crippen molar-refractivity contribution >= 4 is 11.8 Å². The Morgan fingerprint density at radius 3 is 2.50 bits per heavy atom. The van der Waals surface area contributed by atoms with Gasteiger partial charge < -0.3 is 4.74 Å². The summed E-state index contributed by atoms with van der Waals surface area (Å²) in [5, 5.41) is 2.34. The average molecular weight is 303 g/mol. The van der Waals surface area contributed by atoms with Crippen LogP contribution in [0.25, 0.3) is 0 Å². The lowest BCUT2D eigenvalue weighted by atomic mass is 9.98. The van der Waals surface area contributed by atoms with E-state index in [4.69, 9.17) is 4.74 Å². The second-order valence-electron chi connectivity index (χ2n) is 6.40. The van der Waals surface area contributed by atoms with Crippen LogP contribution in [-0.2, 0) is 16.0 Å². The number of imide groups is 1. The zero-order valence-corrected chi connectivity index (χ0v) is 13.4. The predicted molar refractivity (Wildman–Crippen MR) is 85.6 cm³/mol. The zero-order chi connectivity index (χ0) is 15.9. The van der Waals surface area contributed by atoms with E-state index in [0.29, 0.717) is 12.8 Å². The van der Waals surface area contributed by atoms with Gasteiger partial charge in [0.05, 0.1) is 12.5 Å². The number of carbonyl (C=O) groups excluding carboxylic acids is 2. The lowest BCUT2D eigenvalue weighted by Crippen LogP contribution is -2.22. The first-order chi connectivity index (χ1) is 10.5. The topological polar surface area (TPSA) is 55.4 Å². The van der Waals surface area contributed by atoms with E-state index in [1.54, 1.807) is 0 Å². The van der Waals surface area contributed by atoms with Crippen LogP contribution in [0.5, 0.6) is 5.75 Å². The second kappa shape index (κ2) is 7.97. The van der Waals surface area contributed by atoms with Crippen molar-refractivity contribution in [2.75, 3.05) is 6.61 Å². The van der Waals surface area contributed by atoms with Crippen LogP contribution in [-0.4, -0.2) is 18.4 Å². The van der Waals surface area contributed by atoms with Gasteiger partial charge in [-0.1, -0.05) is 32.4 Å². The van der Waals surface area contributed by atoms with Crippen molar-refractivity contribution in [3.63, 3.8) is 0 Å². The van der Waals surface area contributed by atoms with Crippen molar-refractivity contribution in [1.82, 2.24) is 5.32 Å². The molecule has 4 heteroatoms. The number of hydrogen-bond donors (Lipinski definition) is 1. The predicted octanol–water partition coefficient (Wildman–Crippen LogP) is 3.10. The van der Waals surface area contributed by atoms with E-state index in [0.717, 1.165) is 30.3 Å². The molecule has 1 aliphatic rings. The molecule has 120 valence electrons. The normalized spacial score (nSPS) is 17.9. The molecule has 0 aromatic heterocycles. The third-order valence-electron chi connectivity index (χ3n) is 3.92. The van der Waals surface area contributed by atoms with E-state index in [1.165, 1.54) is 12.8 Å². The molecule has 2 amide bonds. The first-order valence-corrected chi connectivity index (χ1v) is 8.10. The van der Waals surface area contributed by atoms with Crippen LogP contribution >= 0.6 is 0 Å². The molecule has 2 rings (SSSR count). The Morgan fingerprint density at radius 2 is 1.91 bits per heavy atom. The van der Waals surface area contributed by atoms with Crippen LogP contribution in [0.4, 0.5) is 0 Å². The summed E-state index contributed by atoms with van der Waals surface area (Å²) in [6.07, 6.45) is 4.41. The third-order valence-corrected chi connectivity index (χ3v) is 3.92. The van der Waals surface area contributed by atoms with E-state index >= 15 is 0 Å². The number of nitrogens with one attached hydrogen (secondary N) is 1. The van der Waals surface area contributed by atoms with Gasteiger partial charge in [0, 0.05) is 6.42 Å². The highest BCUT2D eigenvalue weighted by molar-refractivity contribution is 6.03. The molecule has 22 heavy (non-hydrogen) atoms. The zero-order valence-electron chi connectivity index (χ0n) is 13.4. The number of ether oxygens (including phenoxy) is 1. The van der Waals surface area contributed by atoms with Crippen LogP contribution in [0.15, 0.2) is 24.3 Å². The molecule has 1 aromatic carbocycles. The number of unbranched alkanes of at least 4 members (excludes halogenated alkanes) is 1. The molecule has 1 saturated heterocycles. The molecule has 0 unspecified atom stereocenters. The van der Waals surface area contributed by atoms with E-state index in [2.05, 4.69) is 19.2 Å². The highest BCUT2D eigenvalue weighted by Crippen LogP contribution is 2.20. The van der Waals surface area contributed by atoms with Crippen molar-refractivity contribution in [2.45, 2.75) is 46.0 Å². The Morgan fingerprint density at radius 1 is 1.18 bits per heavy atom. The Kier molecular flexibility index (Phi) is 5.99. The molecule has 0 radical (unpaired) electrons. The first-order valence-electron chi connectivity index (χ1n) is 8.10. The molecular weight excluding hydrogens is 278 g/mol. The largest absolute Gasteiger partial charge is 0.494 e. The van der Waals surface area contributed by atoms with E-state index < -0.39 is 0 Å². The minimum Gasteiger partial charge on any atom is -0.494 e. The summed E-state index contributed by atoms with van der Waals surface area (Å²) in [5.41, 5.74) is 1.06. The summed E-state index contributed by atoms with van der Waals surface area (Å²) >= 11 is 0. The average Bonchev–Trinajstić information content (AvgIpc) is 2.78. The van der Waals surface area contributed by atoms with Crippen LogP contribution in [0.3, 0.4) is 0 Å². The fourth-order valence-electron chi connectivity index (χ4n) is 2.62. The summed E-state index contributed by atoms with van der Waals surface area (Å²) in [4.78, 5) is 22.7. The van der Waals surface area contributed by atoms with Crippen molar-refractivity contribution in [3.05, 3.63) is 29.8 Å². The minimum atomic E-state index is -0.227. The van der Waals surface area contributed by atoms with Gasteiger partial charge in [-0.05, 0) is 42.9 Å². The smallest absolute Gasteiger partial charge is 0.230 e. The highest BCUT2D eigenvalue weighted by atomic mass is 16.5. The Bertz CT molecular complexity index is 508. The van der Waals surface area contributed by atoms with Crippen molar-refractivity contribution < 1.29 is 14.3 Å². The molecule has 0 bridgehead atoms. The van der Waals surface area contributed by atoms with Crippen molar-refractivity contribution in [3.8, 4) is 5.75 Å². The van der Waals surface area contributed by atoms with Crippen LogP contribution in [0.1, 0.15) is 45.1 Å². The lowest BCUT2D eigenvalue weighted by molar-refractivity contribution is -0.125. The number of amides is 2. The standard InChI is InChI=1S/C18H25NO3/c1-13(2)5-3-4-10-22-16-8-6-14(7-9-16)11-15-12-17(20)19-18(15)21/h6-9,13,15H,3-5,10-12H2,1-2H3,(H,19,20,21)/t15-/m1/s1. The third kappa shape index (κ3) is 5.17. The molecule has 4 nitrogen and oxygen atoms in total. The maximum atomic E-state index is 11.6. The van der Waals surface area contributed by atoms with Gasteiger partial charge in [-0.15, -0.1) is 0 Å². The first kappa shape index (κ1) is 16.5. The highest BCUT2D eigenvalue weighted by Gasteiger charge is 2.30. The quantitative estimate of drug-likeness (QED) is 0.593.